The quantitative estimate of drug-likeness (QED) is 0.478. The predicted molar refractivity (Wildman–Crippen MR) is 95.3 cm³/mol. The Balaban J connectivity index is 1.94. The third-order valence-electron chi connectivity index (χ3n) is 4.77. The third-order valence-corrected chi connectivity index (χ3v) is 5.10. The second kappa shape index (κ2) is 8.75. The van der Waals surface area contributed by atoms with Crippen LogP contribution in [0, 0.1) is 5.92 Å². The summed E-state index contributed by atoms with van der Waals surface area (Å²) in [5.74, 6) is 1.27. The van der Waals surface area contributed by atoms with E-state index in [2.05, 4.69) is 12.2 Å². The minimum Gasteiger partial charge on any atom is -0.167 e. The molecule has 1 aliphatic rings. The Morgan fingerprint density at radius 3 is 2.46 bits per heavy atom. The zero-order chi connectivity index (χ0) is 17.6. The van der Waals surface area contributed by atoms with Crippen LogP contribution in [0.1, 0.15) is 62.5 Å². The summed E-state index contributed by atoms with van der Waals surface area (Å²) in [4.78, 5) is 0. The highest BCUT2D eigenvalue weighted by molar-refractivity contribution is 6.32. The molecule has 1 aliphatic carbocycles. The average molecular weight is 357 g/mol. The van der Waals surface area contributed by atoms with Crippen LogP contribution < -0.4 is 0 Å². The molecule has 0 unspecified atom stereocenters. The van der Waals surface area contributed by atoms with Gasteiger partial charge in [-0.1, -0.05) is 35.9 Å². The van der Waals surface area contributed by atoms with Gasteiger partial charge in [-0.05, 0) is 80.6 Å². The van der Waals surface area contributed by atoms with Crippen LogP contribution in [-0.4, -0.2) is 6.18 Å². The Labute approximate surface area is 147 Å². The van der Waals surface area contributed by atoms with Crippen molar-refractivity contribution in [3.05, 3.63) is 52.6 Å². The van der Waals surface area contributed by atoms with Crippen LogP contribution in [0.15, 0.2) is 36.4 Å². The Kier molecular flexibility index (Phi) is 6.97. The summed E-state index contributed by atoms with van der Waals surface area (Å²) < 4.78 is 36.8. The van der Waals surface area contributed by atoms with Crippen LogP contribution >= 0.6 is 11.6 Å². The molecule has 0 bridgehead atoms. The number of hydrogen-bond donors (Lipinski definition) is 0. The number of benzene rings is 1. The van der Waals surface area contributed by atoms with Crippen molar-refractivity contribution in [3.8, 4) is 0 Å². The minimum atomic E-state index is -4.31. The fraction of sp³-hybridized carbons (Fsp3) is 0.500. The summed E-state index contributed by atoms with van der Waals surface area (Å²) in [6.45, 7) is 2.05. The molecular weight excluding hydrogens is 333 g/mol. The first-order valence-corrected chi connectivity index (χ1v) is 8.93. The number of allylic oxidation sites excluding steroid dienone is 3. The molecule has 0 saturated heterocycles. The molecule has 0 aliphatic heterocycles. The molecular formula is C20H24ClF3. The molecule has 132 valence electrons. The van der Waals surface area contributed by atoms with Gasteiger partial charge in [0.05, 0.1) is 0 Å². The summed E-state index contributed by atoms with van der Waals surface area (Å²) in [5, 5.41) is 0.392. The van der Waals surface area contributed by atoms with Crippen molar-refractivity contribution in [2.75, 3.05) is 0 Å². The van der Waals surface area contributed by atoms with Gasteiger partial charge < -0.3 is 0 Å². The lowest BCUT2D eigenvalue weighted by molar-refractivity contribution is -0.0790. The number of halogens is 4. The Morgan fingerprint density at radius 1 is 1.17 bits per heavy atom. The first-order valence-electron chi connectivity index (χ1n) is 8.55. The molecule has 2 rings (SSSR count). The van der Waals surface area contributed by atoms with Crippen LogP contribution in [0.3, 0.4) is 0 Å². The summed E-state index contributed by atoms with van der Waals surface area (Å²) in [6, 6.07) is 5.45. The molecule has 0 N–H and O–H groups in total. The van der Waals surface area contributed by atoms with Gasteiger partial charge >= 0.3 is 6.18 Å². The van der Waals surface area contributed by atoms with E-state index >= 15 is 0 Å². The zero-order valence-electron chi connectivity index (χ0n) is 14.0. The fourth-order valence-electron chi connectivity index (χ4n) is 3.40. The van der Waals surface area contributed by atoms with Crippen LogP contribution in [0.25, 0.3) is 6.08 Å². The second-order valence-electron chi connectivity index (χ2n) is 6.52. The molecule has 24 heavy (non-hydrogen) atoms. The van der Waals surface area contributed by atoms with E-state index in [4.69, 9.17) is 11.6 Å². The van der Waals surface area contributed by atoms with Gasteiger partial charge in [0.15, 0.2) is 0 Å². The molecule has 0 heterocycles. The molecule has 0 radical (unpaired) electrons. The highest BCUT2D eigenvalue weighted by atomic mass is 35.5. The first kappa shape index (κ1) is 19.1. The van der Waals surface area contributed by atoms with Gasteiger partial charge in [-0.3, -0.25) is 0 Å². The predicted octanol–water partition coefficient (Wildman–Crippen LogP) is 7.55. The van der Waals surface area contributed by atoms with Gasteiger partial charge in [0.2, 0.25) is 0 Å². The maximum atomic E-state index is 12.3. The molecule has 1 aromatic rings. The van der Waals surface area contributed by atoms with E-state index < -0.39 is 6.18 Å². The van der Waals surface area contributed by atoms with Gasteiger partial charge in [-0.2, -0.15) is 13.2 Å². The van der Waals surface area contributed by atoms with Crippen LogP contribution in [0.2, 0.25) is 5.02 Å². The van der Waals surface area contributed by atoms with E-state index in [0.29, 0.717) is 16.5 Å². The molecule has 0 nitrogen and oxygen atoms in total. The van der Waals surface area contributed by atoms with Crippen molar-refractivity contribution < 1.29 is 13.2 Å². The SMILES string of the molecule is C/C=C/CCC1CCC(c2ccc(/C=C/C(F)(F)F)c(Cl)c2)CC1. The number of rotatable bonds is 5. The molecule has 1 aromatic carbocycles. The number of alkyl halides is 3. The van der Waals surface area contributed by atoms with Crippen molar-refractivity contribution in [2.45, 2.75) is 57.5 Å². The smallest absolute Gasteiger partial charge is 0.167 e. The summed E-state index contributed by atoms with van der Waals surface area (Å²) in [5.41, 5.74) is 1.56. The third kappa shape index (κ3) is 6.01. The van der Waals surface area contributed by atoms with Gasteiger partial charge in [-0.25, -0.2) is 0 Å². The molecule has 4 heteroatoms. The van der Waals surface area contributed by atoms with E-state index in [0.717, 1.165) is 36.8 Å². The average Bonchev–Trinajstić information content (AvgIpc) is 2.54. The van der Waals surface area contributed by atoms with Crippen molar-refractivity contribution in [1.82, 2.24) is 0 Å². The lowest BCUT2D eigenvalue weighted by Gasteiger charge is -2.29. The highest BCUT2D eigenvalue weighted by Gasteiger charge is 2.23. The van der Waals surface area contributed by atoms with Crippen molar-refractivity contribution in [1.29, 1.82) is 0 Å². The maximum absolute atomic E-state index is 12.3. The molecule has 0 spiro atoms. The van der Waals surface area contributed by atoms with Crippen LogP contribution in [-0.2, 0) is 0 Å². The monoisotopic (exact) mass is 356 g/mol. The van der Waals surface area contributed by atoms with Crippen LogP contribution in [0.4, 0.5) is 13.2 Å². The van der Waals surface area contributed by atoms with Crippen LogP contribution in [0.5, 0.6) is 0 Å². The van der Waals surface area contributed by atoms with E-state index in [1.807, 2.05) is 19.1 Å². The lowest BCUT2D eigenvalue weighted by atomic mass is 9.77. The Bertz CT molecular complexity index is 579. The standard InChI is InChI=1S/C20H24ClF3/c1-2-3-4-5-15-6-8-16(9-7-15)18-11-10-17(19(21)14-18)12-13-20(22,23)24/h2-3,10-16H,4-9H2,1H3/b3-2+,13-12+. The minimum absolute atomic E-state index is 0.226. The molecule has 0 amide bonds. The van der Waals surface area contributed by atoms with E-state index in [9.17, 15) is 13.2 Å². The van der Waals surface area contributed by atoms with Gasteiger partial charge in [0.1, 0.15) is 0 Å². The number of hydrogen-bond acceptors (Lipinski definition) is 0. The van der Waals surface area contributed by atoms with Gasteiger partial charge in [-0.15, -0.1) is 0 Å². The van der Waals surface area contributed by atoms with Crippen molar-refractivity contribution >= 4 is 17.7 Å². The van der Waals surface area contributed by atoms with E-state index in [1.165, 1.54) is 19.3 Å². The zero-order valence-corrected chi connectivity index (χ0v) is 14.7. The molecule has 1 saturated carbocycles. The molecule has 0 atom stereocenters. The lowest BCUT2D eigenvalue weighted by Crippen LogP contribution is -2.13. The topological polar surface area (TPSA) is 0 Å². The Morgan fingerprint density at radius 2 is 1.88 bits per heavy atom. The normalized spacial score (nSPS) is 22.5. The van der Waals surface area contributed by atoms with E-state index in [1.54, 1.807) is 6.07 Å². The highest BCUT2D eigenvalue weighted by Crippen LogP contribution is 2.38. The Hall–Kier alpha value is -1.22. The molecule has 0 aromatic heterocycles. The largest absolute Gasteiger partial charge is 0.409 e. The summed E-state index contributed by atoms with van der Waals surface area (Å²) in [7, 11) is 0. The fourth-order valence-corrected chi connectivity index (χ4v) is 3.65. The molecule has 1 fully saturated rings. The summed E-state index contributed by atoms with van der Waals surface area (Å²) >= 11 is 6.16. The maximum Gasteiger partial charge on any atom is 0.409 e. The van der Waals surface area contributed by atoms with Gasteiger partial charge in [0.25, 0.3) is 0 Å². The second-order valence-corrected chi connectivity index (χ2v) is 6.93. The first-order chi connectivity index (χ1) is 11.4. The van der Waals surface area contributed by atoms with E-state index in [-0.39, 0.29) is 6.08 Å². The van der Waals surface area contributed by atoms with Gasteiger partial charge in [0, 0.05) is 11.1 Å². The summed E-state index contributed by atoms with van der Waals surface area (Å²) in [6.07, 6.45) is 8.37. The van der Waals surface area contributed by atoms with Crippen molar-refractivity contribution in [3.63, 3.8) is 0 Å². The van der Waals surface area contributed by atoms with Crippen molar-refractivity contribution in [2.24, 2.45) is 5.92 Å².